The Morgan fingerprint density at radius 1 is 1.58 bits per heavy atom. The van der Waals surface area contributed by atoms with Crippen LogP contribution in [0.2, 0.25) is 0 Å². The topological polar surface area (TPSA) is 52.1 Å². The van der Waals surface area contributed by atoms with Gasteiger partial charge in [0.05, 0.1) is 6.61 Å². The van der Waals surface area contributed by atoms with Gasteiger partial charge in [-0.15, -0.1) is 0 Å². The highest BCUT2D eigenvalue weighted by atomic mass is 32.1. The number of carbonyl (C=O) groups is 1. The van der Waals surface area contributed by atoms with Gasteiger partial charge in [0.2, 0.25) is 5.01 Å². The molecule has 0 saturated heterocycles. The van der Waals surface area contributed by atoms with Gasteiger partial charge in [-0.3, -0.25) is 0 Å². The summed E-state index contributed by atoms with van der Waals surface area (Å²) in [6, 6.07) is 0. The second kappa shape index (κ2) is 4.15. The molecule has 0 atom stereocenters. The molecule has 0 radical (unpaired) electrons. The number of nitrogens with zero attached hydrogens (tertiary/aromatic N) is 2. The predicted octanol–water partition coefficient (Wildman–Crippen LogP) is 1.28. The van der Waals surface area contributed by atoms with E-state index in [4.69, 9.17) is 4.74 Å². The van der Waals surface area contributed by atoms with E-state index in [-0.39, 0.29) is 5.97 Å². The van der Waals surface area contributed by atoms with Gasteiger partial charge in [0.1, 0.15) is 5.82 Å². The van der Waals surface area contributed by atoms with Gasteiger partial charge in [-0.05, 0) is 18.5 Å². The first-order chi connectivity index (χ1) is 5.77. The molecule has 4 nitrogen and oxygen atoms in total. The van der Waals surface area contributed by atoms with Crippen molar-refractivity contribution in [3.8, 4) is 0 Å². The van der Waals surface area contributed by atoms with E-state index in [1.165, 1.54) is 0 Å². The maximum absolute atomic E-state index is 11.1. The first-order valence-electron chi connectivity index (χ1n) is 3.77. The Morgan fingerprint density at radius 3 is 2.83 bits per heavy atom. The maximum atomic E-state index is 11.1. The molecule has 0 fully saturated rings. The molecular formula is C7H10N2O2S. The second-order valence-corrected chi connectivity index (χ2v) is 2.84. The number of ether oxygens (including phenoxy) is 1. The van der Waals surface area contributed by atoms with Crippen molar-refractivity contribution < 1.29 is 9.53 Å². The average Bonchev–Trinajstić information content (AvgIpc) is 2.52. The Labute approximate surface area is 74.8 Å². The van der Waals surface area contributed by atoms with E-state index < -0.39 is 0 Å². The van der Waals surface area contributed by atoms with Gasteiger partial charge < -0.3 is 4.74 Å². The van der Waals surface area contributed by atoms with Gasteiger partial charge in [0.15, 0.2) is 0 Å². The summed E-state index contributed by atoms with van der Waals surface area (Å²) < 4.78 is 8.72. The molecule has 0 bridgehead atoms. The fourth-order valence-corrected chi connectivity index (χ4v) is 1.31. The molecule has 0 amide bonds. The molecular weight excluding hydrogens is 176 g/mol. The van der Waals surface area contributed by atoms with Crippen molar-refractivity contribution in [3.63, 3.8) is 0 Å². The Balaban J connectivity index is 2.68. The zero-order valence-electron chi connectivity index (χ0n) is 7.03. The van der Waals surface area contributed by atoms with Crippen molar-refractivity contribution in [1.29, 1.82) is 0 Å². The third-order valence-electron chi connectivity index (χ3n) is 1.23. The molecule has 0 aliphatic heterocycles. The molecule has 0 saturated carbocycles. The van der Waals surface area contributed by atoms with Crippen molar-refractivity contribution in [3.05, 3.63) is 10.8 Å². The van der Waals surface area contributed by atoms with Crippen LogP contribution in [0.4, 0.5) is 0 Å². The van der Waals surface area contributed by atoms with Crippen LogP contribution in [-0.2, 0) is 11.2 Å². The summed E-state index contributed by atoms with van der Waals surface area (Å²) in [6.45, 7) is 4.08. The first kappa shape index (κ1) is 9.12. The number of hydrogen-bond donors (Lipinski definition) is 0. The molecule has 0 aliphatic carbocycles. The number of hydrogen-bond acceptors (Lipinski definition) is 5. The summed E-state index contributed by atoms with van der Waals surface area (Å²) in [6.07, 6.45) is 0.746. The average molecular weight is 186 g/mol. The standard InChI is InChI=1S/C7H10N2O2S/c1-3-5-8-6(12-9-5)7(10)11-4-2/h3-4H2,1-2H3. The van der Waals surface area contributed by atoms with E-state index in [0.717, 1.165) is 18.0 Å². The van der Waals surface area contributed by atoms with E-state index in [1.54, 1.807) is 6.92 Å². The van der Waals surface area contributed by atoms with Gasteiger partial charge in [-0.25, -0.2) is 9.78 Å². The summed E-state index contributed by atoms with van der Waals surface area (Å²) in [7, 11) is 0. The van der Waals surface area contributed by atoms with Gasteiger partial charge in [-0.2, -0.15) is 4.37 Å². The predicted molar refractivity (Wildman–Crippen MR) is 45.2 cm³/mol. The van der Waals surface area contributed by atoms with Crippen molar-refractivity contribution in [1.82, 2.24) is 9.36 Å². The Bertz CT molecular complexity index is 272. The highest BCUT2D eigenvalue weighted by Gasteiger charge is 2.11. The van der Waals surface area contributed by atoms with E-state index in [2.05, 4.69) is 9.36 Å². The quantitative estimate of drug-likeness (QED) is 0.667. The molecule has 1 aromatic heterocycles. The minimum Gasteiger partial charge on any atom is -0.461 e. The fraction of sp³-hybridized carbons (Fsp3) is 0.571. The molecule has 1 heterocycles. The number of aromatic nitrogens is 2. The lowest BCUT2D eigenvalue weighted by Crippen LogP contribution is -2.03. The van der Waals surface area contributed by atoms with Gasteiger partial charge in [0, 0.05) is 6.42 Å². The molecule has 1 rings (SSSR count). The summed E-state index contributed by atoms with van der Waals surface area (Å²) >= 11 is 1.09. The third-order valence-corrected chi connectivity index (χ3v) is 1.97. The molecule has 0 spiro atoms. The van der Waals surface area contributed by atoms with Crippen molar-refractivity contribution in [2.24, 2.45) is 0 Å². The number of carbonyl (C=O) groups excluding carboxylic acids is 1. The molecule has 66 valence electrons. The summed E-state index contributed by atoms with van der Waals surface area (Å²) in [4.78, 5) is 15.0. The first-order valence-corrected chi connectivity index (χ1v) is 4.55. The van der Waals surface area contributed by atoms with Crippen LogP contribution in [0.3, 0.4) is 0 Å². The summed E-state index contributed by atoms with van der Waals surface area (Å²) in [5.74, 6) is 0.317. The number of rotatable bonds is 3. The largest absolute Gasteiger partial charge is 0.461 e. The van der Waals surface area contributed by atoms with Gasteiger partial charge >= 0.3 is 5.97 Å². The lowest BCUT2D eigenvalue weighted by atomic mass is 10.5. The van der Waals surface area contributed by atoms with Crippen molar-refractivity contribution in [2.45, 2.75) is 20.3 Å². The van der Waals surface area contributed by atoms with Gasteiger partial charge in [-0.1, -0.05) is 6.92 Å². The van der Waals surface area contributed by atoms with Crippen LogP contribution in [0.1, 0.15) is 29.5 Å². The SMILES string of the molecule is CCOC(=O)c1nc(CC)ns1. The smallest absolute Gasteiger partial charge is 0.369 e. The molecule has 0 aromatic carbocycles. The molecule has 1 aromatic rings. The maximum Gasteiger partial charge on any atom is 0.369 e. The molecule has 5 heteroatoms. The second-order valence-electron chi connectivity index (χ2n) is 2.09. The number of aryl methyl sites for hydroxylation is 1. The van der Waals surface area contributed by atoms with Crippen molar-refractivity contribution >= 4 is 17.5 Å². The van der Waals surface area contributed by atoms with E-state index in [9.17, 15) is 4.79 Å². The normalized spacial score (nSPS) is 9.83. The van der Waals surface area contributed by atoms with E-state index >= 15 is 0 Å². The van der Waals surface area contributed by atoms with E-state index in [1.807, 2.05) is 6.92 Å². The highest BCUT2D eigenvalue weighted by molar-refractivity contribution is 7.07. The van der Waals surface area contributed by atoms with Crippen LogP contribution in [0, 0.1) is 0 Å². The van der Waals surface area contributed by atoms with Crippen LogP contribution in [-0.4, -0.2) is 21.9 Å². The Kier molecular flexibility index (Phi) is 3.16. The monoisotopic (exact) mass is 186 g/mol. The summed E-state index contributed by atoms with van der Waals surface area (Å²) in [5.41, 5.74) is 0. The number of esters is 1. The molecule has 12 heavy (non-hydrogen) atoms. The Morgan fingerprint density at radius 2 is 2.33 bits per heavy atom. The minimum absolute atomic E-state index is 0.341. The fourth-order valence-electron chi connectivity index (χ4n) is 0.673. The van der Waals surface area contributed by atoms with Gasteiger partial charge in [0.25, 0.3) is 0 Å². The zero-order valence-corrected chi connectivity index (χ0v) is 7.85. The van der Waals surface area contributed by atoms with Crippen LogP contribution < -0.4 is 0 Å². The van der Waals surface area contributed by atoms with Crippen LogP contribution in [0.5, 0.6) is 0 Å². The minimum atomic E-state index is -0.380. The molecule has 0 N–H and O–H groups in total. The highest BCUT2D eigenvalue weighted by Crippen LogP contribution is 2.06. The lowest BCUT2D eigenvalue weighted by molar-refractivity contribution is 0.0525. The van der Waals surface area contributed by atoms with Crippen LogP contribution in [0.25, 0.3) is 0 Å². The zero-order chi connectivity index (χ0) is 8.97. The van der Waals surface area contributed by atoms with Crippen molar-refractivity contribution in [2.75, 3.05) is 6.61 Å². The summed E-state index contributed by atoms with van der Waals surface area (Å²) in [5, 5.41) is 0.341. The van der Waals surface area contributed by atoms with Crippen LogP contribution in [0.15, 0.2) is 0 Å². The lowest BCUT2D eigenvalue weighted by Gasteiger charge is -1.94. The molecule has 0 unspecified atom stereocenters. The van der Waals surface area contributed by atoms with Crippen LogP contribution >= 0.6 is 11.5 Å². The molecule has 0 aliphatic rings. The third kappa shape index (κ3) is 2.01. The van der Waals surface area contributed by atoms with E-state index in [0.29, 0.717) is 17.4 Å². The Hall–Kier alpha value is -0.970.